The van der Waals surface area contributed by atoms with Gasteiger partial charge in [0.25, 0.3) is 0 Å². The molecule has 0 aliphatic carbocycles. The third-order valence-corrected chi connectivity index (χ3v) is 3.20. The number of anilines is 1. The summed E-state index contributed by atoms with van der Waals surface area (Å²) in [5.41, 5.74) is 5.57. The molecule has 2 heterocycles. The highest BCUT2D eigenvalue weighted by Crippen LogP contribution is 2.12. The monoisotopic (exact) mass is 235 g/mol. The van der Waals surface area contributed by atoms with Crippen molar-refractivity contribution in [1.82, 2.24) is 14.9 Å². The molecule has 17 heavy (non-hydrogen) atoms. The van der Waals surface area contributed by atoms with Gasteiger partial charge in [-0.25, -0.2) is 9.99 Å². The summed E-state index contributed by atoms with van der Waals surface area (Å²) >= 11 is 0. The fraction of sp³-hybridized carbons (Fsp3) is 0.583. The molecule has 0 atom stereocenters. The molecule has 1 aliphatic rings. The normalized spacial score (nSPS) is 18.2. The van der Waals surface area contributed by atoms with Gasteiger partial charge < -0.3 is 5.73 Å². The highest BCUT2D eigenvalue weighted by molar-refractivity contribution is 5.34. The minimum atomic E-state index is 0.746. The Labute approximate surface area is 103 Å². The number of aromatic nitrogens is 1. The van der Waals surface area contributed by atoms with E-state index in [1.165, 1.54) is 0 Å². The zero-order valence-electron chi connectivity index (χ0n) is 10.4. The summed E-state index contributed by atoms with van der Waals surface area (Å²) in [7, 11) is 2.07. The van der Waals surface area contributed by atoms with Gasteiger partial charge in [-0.05, 0) is 12.1 Å². The van der Waals surface area contributed by atoms with Gasteiger partial charge in [0.2, 0.25) is 0 Å². The fourth-order valence-corrected chi connectivity index (χ4v) is 2.13. The number of nitrogens with zero attached hydrogens (tertiary/aromatic N) is 4. The lowest BCUT2D eigenvalue weighted by molar-refractivity contribution is 0.129. The summed E-state index contributed by atoms with van der Waals surface area (Å²) in [4.78, 5) is 6.77. The Kier molecular flexibility index (Phi) is 4.30. The van der Waals surface area contributed by atoms with Crippen LogP contribution in [-0.2, 0) is 0 Å². The van der Waals surface area contributed by atoms with Crippen molar-refractivity contribution >= 4 is 5.82 Å². The molecule has 1 aromatic heterocycles. The number of hydrogen-bond donors (Lipinski definition) is 1. The van der Waals surface area contributed by atoms with Gasteiger partial charge >= 0.3 is 0 Å². The van der Waals surface area contributed by atoms with Gasteiger partial charge in [-0.1, -0.05) is 6.07 Å². The summed E-state index contributed by atoms with van der Waals surface area (Å²) in [6, 6.07) is 5.99. The van der Waals surface area contributed by atoms with E-state index in [0.29, 0.717) is 0 Å². The van der Waals surface area contributed by atoms with Gasteiger partial charge in [0, 0.05) is 52.5 Å². The SMILES string of the molecule is CN(c1ccccn1)N1CCN(CCN)CC1. The van der Waals surface area contributed by atoms with Crippen molar-refractivity contribution in [3.63, 3.8) is 0 Å². The van der Waals surface area contributed by atoms with E-state index in [0.717, 1.165) is 45.1 Å². The lowest BCUT2D eigenvalue weighted by atomic mass is 10.3. The molecular weight excluding hydrogens is 214 g/mol. The standard InChI is InChI=1S/C12H21N5/c1-15(12-4-2-3-6-14-12)17-10-8-16(7-5-13)9-11-17/h2-4,6H,5,7-11,13H2,1H3. The summed E-state index contributed by atoms with van der Waals surface area (Å²) in [6.45, 7) is 5.97. The molecule has 0 bridgehead atoms. The molecule has 1 aromatic rings. The van der Waals surface area contributed by atoms with Crippen LogP contribution in [0.5, 0.6) is 0 Å². The topological polar surface area (TPSA) is 48.6 Å². The van der Waals surface area contributed by atoms with E-state index in [2.05, 4.69) is 26.9 Å². The Morgan fingerprint density at radius 3 is 2.65 bits per heavy atom. The first kappa shape index (κ1) is 12.3. The highest BCUT2D eigenvalue weighted by Gasteiger charge is 2.19. The van der Waals surface area contributed by atoms with Crippen LogP contribution >= 0.6 is 0 Å². The molecule has 94 valence electrons. The average molecular weight is 235 g/mol. The number of rotatable bonds is 4. The molecule has 0 aromatic carbocycles. The van der Waals surface area contributed by atoms with Crippen molar-refractivity contribution in [3.8, 4) is 0 Å². The summed E-state index contributed by atoms with van der Waals surface area (Å²) < 4.78 is 0. The van der Waals surface area contributed by atoms with Crippen molar-refractivity contribution < 1.29 is 0 Å². The molecule has 0 saturated carbocycles. The molecule has 0 unspecified atom stereocenters. The summed E-state index contributed by atoms with van der Waals surface area (Å²) in [5.74, 6) is 1.000. The van der Waals surface area contributed by atoms with Crippen LogP contribution in [0.15, 0.2) is 24.4 Å². The van der Waals surface area contributed by atoms with E-state index in [-0.39, 0.29) is 0 Å². The lowest BCUT2D eigenvalue weighted by Crippen LogP contribution is -2.53. The van der Waals surface area contributed by atoms with Crippen molar-refractivity contribution in [2.75, 3.05) is 51.3 Å². The smallest absolute Gasteiger partial charge is 0.142 e. The molecule has 1 fully saturated rings. The Balaban J connectivity index is 1.88. The number of nitrogens with two attached hydrogens (primary N) is 1. The number of piperazine rings is 1. The van der Waals surface area contributed by atoms with Crippen LogP contribution < -0.4 is 10.7 Å². The lowest BCUT2D eigenvalue weighted by Gasteiger charge is -2.39. The quantitative estimate of drug-likeness (QED) is 0.796. The van der Waals surface area contributed by atoms with Crippen LogP contribution in [-0.4, -0.2) is 61.2 Å². The Morgan fingerprint density at radius 2 is 2.06 bits per heavy atom. The van der Waals surface area contributed by atoms with E-state index in [1.807, 2.05) is 24.4 Å². The van der Waals surface area contributed by atoms with Crippen molar-refractivity contribution in [1.29, 1.82) is 0 Å². The van der Waals surface area contributed by atoms with Crippen LogP contribution in [0.4, 0.5) is 5.82 Å². The Morgan fingerprint density at radius 1 is 1.29 bits per heavy atom. The molecule has 0 amide bonds. The summed E-state index contributed by atoms with van der Waals surface area (Å²) in [6.07, 6.45) is 1.83. The van der Waals surface area contributed by atoms with Gasteiger partial charge in [0.05, 0.1) is 0 Å². The number of pyridine rings is 1. The van der Waals surface area contributed by atoms with Crippen molar-refractivity contribution in [3.05, 3.63) is 24.4 Å². The van der Waals surface area contributed by atoms with E-state index < -0.39 is 0 Å². The maximum absolute atomic E-state index is 5.57. The fourth-order valence-electron chi connectivity index (χ4n) is 2.13. The Hall–Kier alpha value is -1.17. The van der Waals surface area contributed by atoms with Crippen LogP contribution in [0, 0.1) is 0 Å². The van der Waals surface area contributed by atoms with Gasteiger partial charge in [-0.3, -0.25) is 9.91 Å². The van der Waals surface area contributed by atoms with E-state index in [9.17, 15) is 0 Å². The summed E-state index contributed by atoms with van der Waals surface area (Å²) in [5, 5.41) is 4.47. The third kappa shape index (κ3) is 3.15. The first-order valence-electron chi connectivity index (χ1n) is 6.13. The zero-order valence-corrected chi connectivity index (χ0v) is 10.4. The third-order valence-electron chi connectivity index (χ3n) is 3.20. The van der Waals surface area contributed by atoms with Gasteiger partial charge in [0.1, 0.15) is 5.82 Å². The second-order valence-corrected chi connectivity index (χ2v) is 4.30. The van der Waals surface area contributed by atoms with Crippen LogP contribution in [0.3, 0.4) is 0 Å². The first-order valence-corrected chi connectivity index (χ1v) is 6.13. The molecule has 1 saturated heterocycles. The molecular formula is C12H21N5. The maximum Gasteiger partial charge on any atom is 0.142 e. The zero-order chi connectivity index (χ0) is 12.1. The second-order valence-electron chi connectivity index (χ2n) is 4.30. The number of hydrazine groups is 1. The van der Waals surface area contributed by atoms with Gasteiger partial charge in [0.15, 0.2) is 0 Å². The maximum atomic E-state index is 5.57. The molecule has 5 nitrogen and oxygen atoms in total. The van der Waals surface area contributed by atoms with Crippen LogP contribution in [0.25, 0.3) is 0 Å². The molecule has 5 heteroatoms. The average Bonchev–Trinajstić information content (AvgIpc) is 2.40. The van der Waals surface area contributed by atoms with Crippen LogP contribution in [0.2, 0.25) is 0 Å². The van der Waals surface area contributed by atoms with E-state index in [1.54, 1.807) is 0 Å². The van der Waals surface area contributed by atoms with E-state index >= 15 is 0 Å². The first-order chi connectivity index (χ1) is 8.31. The van der Waals surface area contributed by atoms with Crippen molar-refractivity contribution in [2.24, 2.45) is 5.73 Å². The predicted octanol–water partition coefficient (Wildman–Crippen LogP) is 0.00910. The largest absolute Gasteiger partial charge is 0.329 e. The predicted molar refractivity (Wildman–Crippen MR) is 69.7 cm³/mol. The second kappa shape index (κ2) is 5.95. The van der Waals surface area contributed by atoms with Gasteiger partial charge in [-0.15, -0.1) is 0 Å². The van der Waals surface area contributed by atoms with Crippen molar-refractivity contribution in [2.45, 2.75) is 0 Å². The molecule has 2 rings (SSSR count). The minimum Gasteiger partial charge on any atom is -0.329 e. The van der Waals surface area contributed by atoms with Crippen LogP contribution in [0.1, 0.15) is 0 Å². The number of hydrogen-bond acceptors (Lipinski definition) is 5. The molecule has 2 N–H and O–H groups in total. The highest BCUT2D eigenvalue weighted by atomic mass is 15.6. The van der Waals surface area contributed by atoms with E-state index in [4.69, 9.17) is 5.73 Å². The molecule has 0 spiro atoms. The minimum absolute atomic E-state index is 0.746. The Bertz CT molecular complexity index is 321. The molecule has 0 radical (unpaired) electrons. The molecule has 1 aliphatic heterocycles. The van der Waals surface area contributed by atoms with Gasteiger partial charge in [-0.2, -0.15) is 0 Å².